The molecule has 0 radical (unpaired) electrons. The van der Waals surface area contributed by atoms with E-state index in [1.807, 2.05) is 0 Å². The molecule has 3 aliphatic rings. The van der Waals surface area contributed by atoms with Crippen molar-refractivity contribution in [1.82, 2.24) is 4.90 Å². The van der Waals surface area contributed by atoms with Crippen LogP contribution in [0.2, 0.25) is 0 Å². The number of rotatable bonds is 4. The molecule has 1 saturated heterocycles. The van der Waals surface area contributed by atoms with Crippen LogP contribution in [0.3, 0.4) is 0 Å². The molecule has 2 heteroatoms. The van der Waals surface area contributed by atoms with Gasteiger partial charge in [0.2, 0.25) is 0 Å². The zero-order valence-corrected chi connectivity index (χ0v) is 14.8. The molecule has 2 atom stereocenters. The number of ether oxygens (including phenoxy) is 1. The van der Waals surface area contributed by atoms with E-state index in [0.29, 0.717) is 5.41 Å². The van der Waals surface area contributed by atoms with E-state index in [1.165, 1.54) is 50.9 Å². The Bertz CT molecular complexity index is 630. The maximum absolute atomic E-state index is 5.51. The van der Waals surface area contributed by atoms with E-state index in [1.54, 1.807) is 18.3 Å². The van der Waals surface area contributed by atoms with Crippen LogP contribution in [0.25, 0.3) is 0 Å². The fourth-order valence-corrected chi connectivity index (χ4v) is 4.87. The number of nitrogens with zero attached hydrogens (tertiary/aromatic N) is 1. The molecule has 2 nitrogen and oxygen atoms in total. The largest absolute Gasteiger partial charge is 0.497 e. The third-order valence-corrected chi connectivity index (χ3v) is 6.49. The van der Waals surface area contributed by atoms with Crippen LogP contribution in [-0.4, -0.2) is 31.6 Å². The van der Waals surface area contributed by atoms with Gasteiger partial charge in [0.25, 0.3) is 0 Å². The van der Waals surface area contributed by atoms with Crippen molar-refractivity contribution in [3.8, 4) is 5.75 Å². The second-order valence-corrected chi connectivity index (χ2v) is 8.16. The Labute approximate surface area is 140 Å². The predicted molar refractivity (Wildman–Crippen MR) is 94.9 cm³/mol. The molecule has 2 fully saturated rings. The molecule has 1 aliphatic heterocycles. The molecule has 0 unspecified atom stereocenters. The van der Waals surface area contributed by atoms with E-state index in [2.05, 4.69) is 43.0 Å². The summed E-state index contributed by atoms with van der Waals surface area (Å²) < 4.78 is 5.51. The van der Waals surface area contributed by atoms with Crippen molar-refractivity contribution in [2.24, 2.45) is 11.8 Å². The van der Waals surface area contributed by atoms with Gasteiger partial charge in [-0.25, -0.2) is 0 Å². The minimum atomic E-state index is 0.299. The molecule has 0 amide bonds. The van der Waals surface area contributed by atoms with E-state index < -0.39 is 0 Å². The Balaban J connectivity index is 1.70. The van der Waals surface area contributed by atoms with Gasteiger partial charge in [0.05, 0.1) is 7.11 Å². The molecule has 0 aromatic heterocycles. The van der Waals surface area contributed by atoms with Crippen LogP contribution in [0, 0.1) is 11.8 Å². The number of fused-ring (bicyclic) bond motifs is 1. The lowest BCUT2D eigenvalue weighted by molar-refractivity contribution is 0.292. The second-order valence-electron chi connectivity index (χ2n) is 8.16. The zero-order chi connectivity index (χ0) is 16.0. The minimum absolute atomic E-state index is 0.299. The number of methoxy groups -OCH3 is 1. The van der Waals surface area contributed by atoms with Crippen LogP contribution < -0.4 is 4.74 Å². The zero-order valence-electron chi connectivity index (χ0n) is 14.8. The van der Waals surface area contributed by atoms with E-state index >= 15 is 0 Å². The van der Waals surface area contributed by atoms with E-state index in [9.17, 15) is 0 Å². The first-order valence-electron chi connectivity index (χ1n) is 9.13. The van der Waals surface area contributed by atoms with E-state index in [-0.39, 0.29) is 0 Å². The summed E-state index contributed by atoms with van der Waals surface area (Å²) in [6.07, 6.45) is 5.38. The number of hydrogen-bond donors (Lipinski definition) is 0. The summed E-state index contributed by atoms with van der Waals surface area (Å²) in [6, 6.07) is 8.87. The summed E-state index contributed by atoms with van der Waals surface area (Å²) in [4.78, 5) is 2.76. The first kappa shape index (κ1) is 15.3. The molecule has 2 aliphatic carbocycles. The number of allylic oxidation sites excluding steroid dienone is 2. The summed E-state index contributed by atoms with van der Waals surface area (Å²) >= 11 is 0. The van der Waals surface area contributed by atoms with Crippen LogP contribution in [0.5, 0.6) is 5.75 Å². The van der Waals surface area contributed by atoms with Crippen LogP contribution in [0.15, 0.2) is 35.4 Å². The second kappa shape index (κ2) is 5.66. The molecule has 1 heterocycles. The highest BCUT2D eigenvalue weighted by Crippen LogP contribution is 2.51. The minimum Gasteiger partial charge on any atom is -0.497 e. The molecule has 1 aromatic carbocycles. The monoisotopic (exact) mass is 311 g/mol. The van der Waals surface area contributed by atoms with Gasteiger partial charge in [-0.15, -0.1) is 0 Å². The van der Waals surface area contributed by atoms with Crippen LogP contribution in [-0.2, 0) is 5.41 Å². The van der Waals surface area contributed by atoms with Crippen molar-refractivity contribution in [3.05, 3.63) is 41.0 Å². The molecular weight excluding hydrogens is 282 g/mol. The van der Waals surface area contributed by atoms with Gasteiger partial charge in [0.1, 0.15) is 5.75 Å². The lowest BCUT2D eigenvalue weighted by Crippen LogP contribution is -2.38. The number of hydrogen-bond acceptors (Lipinski definition) is 2. The maximum Gasteiger partial charge on any atom is 0.119 e. The van der Waals surface area contributed by atoms with Crippen molar-refractivity contribution in [2.45, 2.75) is 44.9 Å². The standard InChI is InChI=1S/C21H29NO/c1-15-9-19-13-22(12-17-7-8-17)14-21(19,11-16(15)2)18-5-4-6-20(10-18)23-3/h4-6,10,17,19H,7-9,11-14H2,1-3H3/t19-,21-/m1/s1. The fraction of sp³-hybridized carbons (Fsp3) is 0.619. The third kappa shape index (κ3) is 2.71. The Kier molecular flexibility index (Phi) is 3.76. The van der Waals surface area contributed by atoms with Gasteiger partial charge in [-0.2, -0.15) is 0 Å². The lowest BCUT2D eigenvalue weighted by Gasteiger charge is -2.40. The maximum atomic E-state index is 5.51. The van der Waals surface area contributed by atoms with E-state index in [0.717, 1.165) is 17.6 Å². The van der Waals surface area contributed by atoms with Crippen molar-refractivity contribution in [3.63, 3.8) is 0 Å². The highest BCUT2D eigenvalue weighted by atomic mass is 16.5. The fourth-order valence-electron chi connectivity index (χ4n) is 4.87. The predicted octanol–water partition coefficient (Wildman–Crippen LogP) is 4.41. The van der Waals surface area contributed by atoms with Crippen LogP contribution in [0.4, 0.5) is 0 Å². The Morgan fingerprint density at radius 1 is 1.22 bits per heavy atom. The topological polar surface area (TPSA) is 12.5 Å². The summed E-state index contributed by atoms with van der Waals surface area (Å²) in [5.74, 6) is 2.74. The van der Waals surface area contributed by atoms with Crippen LogP contribution >= 0.6 is 0 Å². The summed E-state index contributed by atoms with van der Waals surface area (Å²) in [7, 11) is 1.78. The van der Waals surface area contributed by atoms with Crippen molar-refractivity contribution >= 4 is 0 Å². The van der Waals surface area contributed by atoms with Crippen molar-refractivity contribution in [1.29, 1.82) is 0 Å². The van der Waals surface area contributed by atoms with Gasteiger partial charge < -0.3 is 9.64 Å². The van der Waals surface area contributed by atoms with Gasteiger partial charge >= 0.3 is 0 Å². The van der Waals surface area contributed by atoms with Gasteiger partial charge in [0.15, 0.2) is 0 Å². The van der Waals surface area contributed by atoms with Gasteiger partial charge in [-0.1, -0.05) is 23.3 Å². The third-order valence-electron chi connectivity index (χ3n) is 6.49. The average Bonchev–Trinajstić information content (AvgIpc) is 3.29. The molecular formula is C21H29NO. The van der Waals surface area contributed by atoms with E-state index in [4.69, 9.17) is 4.74 Å². The quantitative estimate of drug-likeness (QED) is 0.764. The molecule has 0 bridgehead atoms. The van der Waals surface area contributed by atoms with Gasteiger partial charge in [-0.05, 0) is 69.1 Å². The smallest absolute Gasteiger partial charge is 0.119 e. The molecule has 0 spiro atoms. The number of benzene rings is 1. The van der Waals surface area contributed by atoms with Crippen LogP contribution in [0.1, 0.15) is 45.1 Å². The summed E-state index contributed by atoms with van der Waals surface area (Å²) in [5, 5.41) is 0. The first-order chi connectivity index (χ1) is 11.1. The van der Waals surface area contributed by atoms with Crippen molar-refractivity contribution < 1.29 is 4.74 Å². The summed E-state index contributed by atoms with van der Waals surface area (Å²) in [6.45, 7) is 8.51. The van der Waals surface area contributed by atoms with Gasteiger partial charge in [-0.3, -0.25) is 0 Å². The molecule has 4 rings (SSSR count). The Morgan fingerprint density at radius 2 is 2.04 bits per heavy atom. The summed E-state index contributed by atoms with van der Waals surface area (Å²) in [5.41, 5.74) is 5.03. The first-order valence-corrected chi connectivity index (χ1v) is 9.13. The van der Waals surface area contributed by atoms with Gasteiger partial charge in [0, 0.05) is 25.0 Å². The molecule has 1 aromatic rings. The molecule has 23 heavy (non-hydrogen) atoms. The molecule has 124 valence electrons. The Hall–Kier alpha value is -1.28. The average molecular weight is 311 g/mol. The highest BCUT2D eigenvalue weighted by molar-refractivity contribution is 5.40. The SMILES string of the molecule is COc1cccc([C@]23CC(C)=C(C)C[C@@H]2CN(CC2CC2)C3)c1. The molecule has 1 saturated carbocycles. The normalized spacial score (nSPS) is 31.3. The van der Waals surface area contributed by atoms with Crippen molar-refractivity contribution in [2.75, 3.05) is 26.7 Å². The highest BCUT2D eigenvalue weighted by Gasteiger charge is 2.50. The number of likely N-dealkylation sites (tertiary alicyclic amines) is 1. The lowest BCUT2D eigenvalue weighted by atomic mass is 9.63. The molecule has 0 N–H and O–H groups in total. The Morgan fingerprint density at radius 3 is 2.78 bits per heavy atom.